The van der Waals surface area contributed by atoms with Crippen LogP contribution >= 0.6 is 0 Å². The van der Waals surface area contributed by atoms with Gasteiger partial charge in [0.2, 0.25) is 0 Å². The monoisotopic (exact) mass is 303 g/mol. The van der Waals surface area contributed by atoms with Crippen LogP contribution in [0.2, 0.25) is 0 Å². The molecule has 0 bridgehead atoms. The molecule has 2 nitrogen and oxygen atoms in total. The molecule has 1 rings (SSSR count). The first-order chi connectivity index (χ1) is 9.95. The minimum Gasteiger partial charge on any atom is -0.379 e. The summed E-state index contributed by atoms with van der Waals surface area (Å²) >= 11 is 0. The first-order valence-corrected chi connectivity index (χ1v) is 7.37. The van der Waals surface area contributed by atoms with Crippen molar-refractivity contribution in [1.82, 2.24) is 5.32 Å². The second-order valence-electron chi connectivity index (χ2n) is 5.08. The highest BCUT2D eigenvalue weighted by atomic mass is 19.4. The summed E-state index contributed by atoms with van der Waals surface area (Å²) < 4.78 is 45.1. The van der Waals surface area contributed by atoms with Crippen LogP contribution in [0.25, 0.3) is 0 Å². The summed E-state index contributed by atoms with van der Waals surface area (Å²) in [5.41, 5.74) is -0.324. The Kier molecular flexibility index (Phi) is 7.18. The molecule has 2 atom stereocenters. The SMILES string of the molecule is CCCNC(c1ccccc1C(F)(F)F)C(CCC)OC. The zero-order valence-electron chi connectivity index (χ0n) is 12.8. The summed E-state index contributed by atoms with van der Waals surface area (Å²) in [6.07, 6.45) is -2.20. The maximum absolute atomic E-state index is 13.2. The van der Waals surface area contributed by atoms with E-state index in [0.717, 1.165) is 18.9 Å². The van der Waals surface area contributed by atoms with Crippen molar-refractivity contribution in [2.24, 2.45) is 0 Å². The van der Waals surface area contributed by atoms with Crippen molar-refractivity contribution >= 4 is 0 Å². The standard InChI is InChI=1S/C16H24F3NO/c1-4-8-14(21-3)15(20-11-5-2)12-9-6-7-10-13(12)16(17,18)19/h6-7,9-10,14-15,20H,4-5,8,11H2,1-3H3. The highest BCUT2D eigenvalue weighted by Gasteiger charge is 2.36. The highest BCUT2D eigenvalue weighted by Crippen LogP contribution is 2.36. The number of ether oxygens (including phenoxy) is 1. The van der Waals surface area contributed by atoms with Crippen molar-refractivity contribution in [1.29, 1.82) is 0 Å². The molecule has 0 radical (unpaired) electrons. The average molecular weight is 303 g/mol. The van der Waals surface area contributed by atoms with E-state index in [-0.39, 0.29) is 11.7 Å². The van der Waals surface area contributed by atoms with Crippen LogP contribution in [-0.2, 0) is 10.9 Å². The predicted molar refractivity (Wildman–Crippen MR) is 78.2 cm³/mol. The molecule has 0 aromatic heterocycles. The van der Waals surface area contributed by atoms with Crippen LogP contribution in [0.3, 0.4) is 0 Å². The summed E-state index contributed by atoms with van der Waals surface area (Å²) in [4.78, 5) is 0. The lowest BCUT2D eigenvalue weighted by Crippen LogP contribution is -2.35. The molecule has 1 aromatic carbocycles. The van der Waals surface area contributed by atoms with Gasteiger partial charge in [0.25, 0.3) is 0 Å². The molecule has 0 aliphatic carbocycles. The van der Waals surface area contributed by atoms with E-state index in [1.54, 1.807) is 13.2 Å². The normalized spacial score (nSPS) is 15.0. The molecule has 0 saturated carbocycles. The maximum Gasteiger partial charge on any atom is 0.416 e. The summed E-state index contributed by atoms with van der Waals surface area (Å²) in [6, 6.07) is 5.29. The van der Waals surface area contributed by atoms with E-state index in [1.807, 2.05) is 13.8 Å². The lowest BCUT2D eigenvalue weighted by atomic mass is 9.93. The molecule has 0 amide bonds. The number of nitrogens with one attached hydrogen (secondary N) is 1. The molecule has 5 heteroatoms. The van der Waals surface area contributed by atoms with Crippen LogP contribution in [0.15, 0.2) is 24.3 Å². The van der Waals surface area contributed by atoms with Gasteiger partial charge in [-0.3, -0.25) is 0 Å². The van der Waals surface area contributed by atoms with Crippen molar-refractivity contribution in [3.05, 3.63) is 35.4 Å². The molecule has 1 N–H and O–H groups in total. The molecular formula is C16H24F3NO. The van der Waals surface area contributed by atoms with E-state index in [9.17, 15) is 13.2 Å². The Hall–Kier alpha value is -1.07. The Morgan fingerprint density at radius 1 is 1.14 bits per heavy atom. The first-order valence-electron chi connectivity index (χ1n) is 7.37. The Balaban J connectivity index is 3.19. The second kappa shape index (κ2) is 8.39. The van der Waals surface area contributed by atoms with Gasteiger partial charge < -0.3 is 10.1 Å². The molecule has 120 valence electrons. The highest BCUT2D eigenvalue weighted by molar-refractivity contribution is 5.33. The van der Waals surface area contributed by atoms with Crippen molar-refractivity contribution in [2.75, 3.05) is 13.7 Å². The van der Waals surface area contributed by atoms with Gasteiger partial charge in [0.1, 0.15) is 0 Å². The van der Waals surface area contributed by atoms with Crippen LogP contribution in [0.4, 0.5) is 13.2 Å². The van der Waals surface area contributed by atoms with Gasteiger partial charge in [-0.2, -0.15) is 13.2 Å². The summed E-state index contributed by atoms with van der Waals surface area (Å²) in [6.45, 7) is 4.64. The van der Waals surface area contributed by atoms with Crippen molar-refractivity contribution in [3.63, 3.8) is 0 Å². The van der Waals surface area contributed by atoms with Crippen LogP contribution in [0, 0.1) is 0 Å². The summed E-state index contributed by atoms with van der Waals surface area (Å²) in [7, 11) is 1.55. The number of hydrogen-bond acceptors (Lipinski definition) is 2. The fraction of sp³-hybridized carbons (Fsp3) is 0.625. The minimum absolute atomic E-state index is 0.263. The number of alkyl halides is 3. The molecule has 0 aliphatic rings. The number of benzene rings is 1. The van der Waals surface area contributed by atoms with Gasteiger partial charge >= 0.3 is 6.18 Å². The molecule has 0 aliphatic heterocycles. The number of methoxy groups -OCH3 is 1. The van der Waals surface area contributed by atoms with Crippen LogP contribution < -0.4 is 5.32 Å². The third-order valence-electron chi connectivity index (χ3n) is 3.46. The lowest BCUT2D eigenvalue weighted by molar-refractivity contribution is -0.138. The quantitative estimate of drug-likeness (QED) is 0.760. The van der Waals surface area contributed by atoms with Crippen molar-refractivity contribution < 1.29 is 17.9 Å². The van der Waals surface area contributed by atoms with E-state index in [0.29, 0.717) is 13.0 Å². The smallest absolute Gasteiger partial charge is 0.379 e. The Bertz CT molecular complexity index is 420. The zero-order valence-corrected chi connectivity index (χ0v) is 12.8. The fourth-order valence-electron chi connectivity index (χ4n) is 2.47. The third-order valence-corrected chi connectivity index (χ3v) is 3.46. The first kappa shape index (κ1) is 18.0. The largest absolute Gasteiger partial charge is 0.416 e. The number of hydrogen-bond donors (Lipinski definition) is 1. The van der Waals surface area contributed by atoms with E-state index in [4.69, 9.17) is 4.74 Å². The van der Waals surface area contributed by atoms with Gasteiger partial charge in [-0.05, 0) is 31.0 Å². The van der Waals surface area contributed by atoms with Gasteiger partial charge in [0.05, 0.1) is 17.7 Å². The number of rotatable bonds is 8. The van der Waals surface area contributed by atoms with Gasteiger partial charge in [-0.25, -0.2) is 0 Å². The van der Waals surface area contributed by atoms with E-state index in [2.05, 4.69) is 5.32 Å². The van der Waals surface area contributed by atoms with Gasteiger partial charge in [-0.15, -0.1) is 0 Å². The molecule has 0 heterocycles. The summed E-state index contributed by atoms with van der Waals surface area (Å²) in [5.74, 6) is 0. The van der Waals surface area contributed by atoms with Crippen molar-refractivity contribution in [2.45, 2.75) is 51.4 Å². The average Bonchev–Trinajstić information content (AvgIpc) is 2.45. The topological polar surface area (TPSA) is 21.3 Å². The van der Waals surface area contributed by atoms with E-state index in [1.165, 1.54) is 12.1 Å². The fourth-order valence-corrected chi connectivity index (χ4v) is 2.47. The van der Waals surface area contributed by atoms with E-state index >= 15 is 0 Å². The van der Waals surface area contributed by atoms with Crippen LogP contribution in [0.5, 0.6) is 0 Å². The molecule has 0 spiro atoms. The maximum atomic E-state index is 13.2. The Morgan fingerprint density at radius 3 is 2.33 bits per heavy atom. The lowest BCUT2D eigenvalue weighted by Gasteiger charge is -2.29. The van der Waals surface area contributed by atoms with Gasteiger partial charge in [0, 0.05) is 7.11 Å². The minimum atomic E-state index is -4.35. The molecular weight excluding hydrogens is 279 g/mol. The Labute approximate surface area is 124 Å². The summed E-state index contributed by atoms with van der Waals surface area (Å²) in [5, 5.41) is 3.21. The van der Waals surface area contributed by atoms with Crippen molar-refractivity contribution in [3.8, 4) is 0 Å². The number of halogens is 3. The molecule has 0 saturated heterocycles. The van der Waals surface area contributed by atoms with E-state index < -0.39 is 17.8 Å². The zero-order chi connectivity index (χ0) is 15.9. The molecule has 2 unspecified atom stereocenters. The van der Waals surface area contributed by atoms with Gasteiger partial charge in [0.15, 0.2) is 0 Å². The molecule has 0 fully saturated rings. The Morgan fingerprint density at radius 2 is 1.81 bits per heavy atom. The third kappa shape index (κ3) is 5.00. The predicted octanol–water partition coefficient (Wildman–Crippen LogP) is 4.56. The van der Waals surface area contributed by atoms with Crippen LogP contribution in [-0.4, -0.2) is 19.8 Å². The molecule has 21 heavy (non-hydrogen) atoms. The van der Waals surface area contributed by atoms with Crippen LogP contribution in [0.1, 0.15) is 50.3 Å². The molecule has 1 aromatic rings. The van der Waals surface area contributed by atoms with Gasteiger partial charge in [-0.1, -0.05) is 38.5 Å². The second-order valence-corrected chi connectivity index (χ2v) is 5.08.